The number of esters is 1. The molecule has 0 saturated carbocycles. The van der Waals surface area contributed by atoms with Crippen molar-refractivity contribution in [2.45, 2.75) is 12.8 Å². The third kappa shape index (κ3) is 3.06. The third-order valence-corrected chi connectivity index (χ3v) is 1.51. The molecule has 0 aliphatic rings. The van der Waals surface area contributed by atoms with Crippen LogP contribution in [-0.2, 0) is 16.0 Å². The Labute approximate surface area is 75.9 Å². The lowest BCUT2D eigenvalue weighted by Crippen LogP contribution is -2.05. The molecule has 0 aliphatic carbocycles. The zero-order valence-electron chi connectivity index (χ0n) is 7.36. The second kappa shape index (κ2) is 4.39. The van der Waals surface area contributed by atoms with Crippen LogP contribution in [-0.4, -0.2) is 23.0 Å². The Morgan fingerprint density at radius 3 is 3.08 bits per heavy atom. The Hall–Kier alpha value is -1.65. The van der Waals surface area contributed by atoms with Crippen molar-refractivity contribution in [3.8, 4) is 0 Å². The van der Waals surface area contributed by atoms with E-state index in [-0.39, 0.29) is 12.4 Å². The lowest BCUT2D eigenvalue weighted by Gasteiger charge is -1.99. The van der Waals surface area contributed by atoms with Gasteiger partial charge in [0.2, 0.25) is 0 Å². The average molecular weight is 181 g/mol. The third-order valence-electron chi connectivity index (χ3n) is 1.51. The highest BCUT2D eigenvalue weighted by atomic mass is 16.5. The summed E-state index contributed by atoms with van der Waals surface area (Å²) in [6.07, 6.45) is 2.30. The highest BCUT2D eigenvalue weighted by molar-refractivity contribution is 5.69. The van der Waals surface area contributed by atoms with E-state index in [1.165, 1.54) is 7.11 Å². The fourth-order valence-electron chi connectivity index (χ4n) is 0.851. The summed E-state index contributed by atoms with van der Waals surface area (Å²) in [7, 11) is 1.35. The fraction of sp³-hybridized carbons (Fsp3) is 0.375. The minimum atomic E-state index is -0.272. The van der Waals surface area contributed by atoms with E-state index < -0.39 is 0 Å². The van der Waals surface area contributed by atoms with Crippen molar-refractivity contribution in [3.05, 3.63) is 18.1 Å². The van der Waals surface area contributed by atoms with Crippen LogP contribution in [0.2, 0.25) is 0 Å². The minimum Gasteiger partial charge on any atom is -0.469 e. The molecule has 1 heterocycles. The molecule has 1 aromatic rings. The second-order valence-electron chi connectivity index (χ2n) is 2.47. The molecule has 5 heteroatoms. The summed E-state index contributed by atoms with van der Waals surface area (Å²) >= 11 is 0. The van der Waals surface area contributed by atoms with E-state index in [1.54, 1.807) is 12.3 Å². The molecule has 0 saturated heterocycles. The van der Waals surface area contributed by atoms with Gasteiger partial charge in [0.15, 0.2) is 0 Å². The van der Waals surface area contributed by atoms with E-state index in [4.69, 9.17) is 5.73 Å². The van der Waals surface area contributed by atoms with E-state index in [9.17, 15) is 4.79 Å². The number of anilines is 1. The summed E-state index contributed by atoms with van der Waals surface area (Å²) < 4.78 is 4.48. The van der Waals surface area contributed by atoms with Crippen LogP contribution in [0.1, 0.15) is 12.2 Å². The molecule has 0 unspecified atom stereocenters. The van der Waals surface area contributed by atoms with E-state index in [0.29, 0.717) is 18.1 Å². The van der Waals surface area contributed by atoms with E-state index in [1.807, 2.05) is 0 Å². The molecule has 2 N–H and O–H groups in total. The Morgan fingerprint density at radius 2 is 2.46 bits per heavy atom. The number of nitrogens with zero attached hydrogens (tertiary/aromatic N) is 2. The number of methoxy groups -OCH3 is 1. The zero-order valence-corrected chi connectivity index (χ0v) is 7.36. The van der Waals surface area contributed by atoms with Crippen molar-refractivity contribution in [2.75, 3.05) is 12.8 Å². The van der Waals surface area contributed by atoms with Gasteiger partial charge >= 0.3 is 5.97 Å². The van der Waals surface area contributed by atoms with Crippen LogP contribution in [0.5, 0.6) is 0 Å². The molecule has 13 heavy (non-hydrogen) atoms. The number of hydrogen-bond donors (Lipinski definition) is 1. The molecule has 1 aromatic heterocycles. The van der Waals surface area contributed by atoms with Gasteiger partial charge in [-0.05, 0) is 6.07 Å². The monoisotopic (exact) mass is 181 g/mol. The van der Waals surface area contributed by atoms with Crippen molar-refractivity contribution in [2.24, 2.45) is 0 Å². The van der Waals surface area contributed by atoms with E-state index >= 15 is 0 Å². The number of rotatable bonds is 3. The van der Waals surface area contributed by atoms with Gasteiger partial charge in [0.1, 0.15) is 11.6 Å². The number of carbonyl (C=O) groups is 1. The summed E-state index contributed by atoms with van der Waals surface area (Å²) in [5, 5.41) is 0. The van der Waals surface area contributed by atoms with Crippen LogP contribution in [0.3, 0.4) is 0 Å². The molecule has 0 bridgehead atoms. The highest BCUT2D eigenvalue weighted by Crippen LogP contribution is 1.99. The maximum absolute atomic E-state index is 10.8. The van der Waals surface area contributed by atoms with Crippen LogP contribution in [0.25, 0.3) is 0 Å². The first-order chi connectivity index (χ1) is 6.22. The van der Waals surface area contributed by atoms with Crippen molar-refractivity contribution >= 4 is 11.8 Å². The van der Waals surface area contributed by atoms with Gasteiger partial charge in [-0.25, -0.2) is 9.97 Å². The number of aromatic nitrogens is 2. The second-order valence-corrected chi connectivity index (χ2v) is 2.47. The largest absolute Gasteiger partial charge is 0.469 e. The number of nitrogen functional groups attached to an aromatic ring is 1. The topological polar surface area (TPSA) is 78.1 Å². The molecule has 0 radical (unpaired) electrons. The molecule has 0 aliphatic heterocycles. The molecule has 5 nitrogen and oxygen atoms in total. The summed E-state index contributed by atoms with van der Waals surface area (Å²) in [6.45, 7) is 0. The van der Waals surface area contributed by atoms with E-state index in [0.717, 1.165) is 0 Å². The molecule has 0 fully saturated rings. The maximum atomic E-state index is 10.8. The average Bonchev–Trinajstić information content (AvgIpc) is 2.14. The van der Waals surface area contributed by atoms with Crippen molar-refractivity contribution in [1.29, 1.82) is 0 Å². The lowest BCUT2D eigenvalue weighted by molar-refractivity contribution is -0.140. The Balaban J connectivity index is 2.50. The zero-order chi connectivity index (χ0) is 9.68. The summed E-state index contributed by atoms with van der Waals surface area (Å²) in [6, 6.07) is 1.60. The van der Waals surface area contributed by atoms with Crippen molar-refractivity contribution < 1.29 is 9.53 Å². The molecule has 1 rings (SSSR count). The molecule has 0 spiro atoms. The van der Waals surface area contributed by atoms with E-state index in [2.05, 4.69) is 14.7 Å². The number of hydrogen-bond acceptors (Lipinski definition) is 5. The predicted molar refractivity (Wildman–Crippen MR) is 46.8 cm³/mol. The van der Waals surface area contributed by atoms with Crippen LogP contribution in [0.4, 0.5) is 5.82 Å². The summed E-state index contributed by atoms with van der Waals surface area (Å²) in [5.41, 5.74) is 5.43. The van der Waals surface area contributed by atoms with Gasteiger partial charge in [-0.1, -0.05) is 0 Å². The lowest BCUT2D eigenvalue weighted by atomic mass is 10.3. The first-order valence-electron chi connectivity index (χ1n) is 3.86. The highest BCUT2D eigenvalue weighted by Gasteiger charge is 2.03. The van der Waals surface area contributed by atoms with Crippen LogP contribution in [0.15, 0.2) is 12.3 Å². The number of carbonyl (C=O) groups excluding carboxylic acids is 1. The molecular formula is C8H11N3O2. The Bertz CT molecular complexity index is 301. The SMILES string of the molecule is COC(=O)CCc1nccc(N)n1. The van der Waals surface area contributed by atoms with Gasteiger partial charge in [-0.15, -0.1) is 0 Å². The molecule has 0 aromatic carbocycles. The Morgan fingerprint density at radius 1 is 1.69 bits per heavy atom. The van der Waals surface area contributed by atoms with Gasteiger partial charge in [-0.2, -0.15) is 0 Å². The molecule has 0 atom stereocenters. The van der Waals surface area contributed by atoms with Gasteiger partial charge in [-0.3, -0.25) is 4.79 Å². The summed E-state index contributed by atoms with van der Waals surface area (Å²) in [5.74, 6) is 0.700. The minimum absolute atomic E-state index is 0.272. The van der Waals surface area contributed by atoms with Crippen LogP contribution < -0.4 is 5.73 Å². The van der Waals surface area contributed by atoms with Gasteiger partial charge < -0.3 is 10.5 Å². The van der Waals surface area contributed by atoms with Gasteiger partial charge in [0.05, 0.1) is 13.5 Å². The van der Waals surface area contributed by atoms with Gasteiger partial charge in [0.25, 0.3) is 0 Å². The standard InChI is InChI=1S/C8H11N3O2/c1-13-8(12)3-2-7-10-5-4-6(9)11-7/h4-5H,2-3H2,1H3,(H2,9,10,11). The smallest absolute Gasteiger partial charge is 0.305 e. The van der Waals surface area contributed by atoms with Crippen LogP contribution in [0, 0.1) is 0 Å². The van der Waals surface area contributed by atoms with Crippen LogP contribution >= 0.6 is 0 Å². The number of ether oxygens (including phenoxy) is 1. The first kappa shape index (κ1) is 9.44. The molecule has 70 valence electrons. The maximum Gasteiger partial charge on any atom is 0.305 e. The number of nitrogens with two attached hydrogens (primary N) is 1. The van der Waals surface area contributed by atoms with Crippen molar-refractivity contribution in [1.82, 2.24) is 9.97 Å². The molecular weight excluding hydrogens is 170 g/mol. The van der Waals surface area contributed by atoms with Gasteiger partial charge in [0, 0.05) is 12.6 Å². The Kier molecular flexibility index (Phi) is 3.19. The molecule has 0 amide bonds. The predicted octanol–water partition coefficient (Wildman–Crippen LogP) is 0.164. The summed E-state index contributed by atoms with van der Waals surface area (Å²) in [4.78, 5) is 18.6. The first-order valence-corrected chi connectivity index (χ1v) is 3.86. The quantitative estimate of drug-likeness (QED) is 0.672. The number of aryl methyl sites for hydroxylation is 1. The normalized spacial score (nSPS) is 9.62. The fourth-order valence-corrected chi connectivity index (χ4v) is 0.851. The van der Waals surface area contributed by atoms with Crippen molar-refractivity contribution in [3.63, 3.8) is 0 Å².